The van der Waals surface area contributed by atoms with Gasteiger partial charge in [0.05, 0.1) is 0 Å². The van der Waals surface area contributed by atoms with Crippen molar-refractivity contribution in [3.05, 3.63) is 106 Å². The molecule has 1 unspecified atom stereocenters. The lowest BCUT2D eigenvalue weighted by atomic mass is 10.0. The maximum absolute atomic E-state index is 13.5. The molecule has 1 atom stereocenters. The third kappa shape index (κ3) is 6.12. The van der Waals surface area contributed by atoms with Gasteiger partial charge >= 0.3 is 0 Å². The second-order valence-electron chi connectivity index (χ2n) is 7.87. The summed E-state index contributed by atoms with van der Waals surface area (Å²) in [5.41, 5.74) is 2.45. The normalized spacial score (nSPS) is 11.8. The SMILES string of the molecule is CC(C)C(=O)N(Cc1ccccc1)C(C(=O)NCc1ccc(Cl)cc1Cl)c1ccccc1. The van der Waals surface area contributed by atoms with Crippen LogP contribution in [0, 0.1) is 5.92 Å². The quantitative estimate of drug-likeness (QED) is 0.438. The highest BCUT2D eigenvalue weighted by Crippen LogP contribution is 2.26. The lowest BCUT2D eigenvalue weighted by molar-refractivity contribution is -0.144. The third-order valence-electron chi connectivity index (χ3n) is 5.12. The van der Waals surface area contributed by atoms with Gasteiger partial charge in [-0.2, -0.15) is 0 Å². The summed E-state index contributed by atoms with van der Waals surface area (Å²) >= 11 is 12.2. The average molecular weight is 469 g/mol. The number of nitrogens with zero attached hydrogens (tertiary/aromatic N) is 1. The highest BCUT2D eigenvalue weighted by Gasteiger charge is 2.32. The van der Waals surface area contributed by atoms with Crippen molar-refractivity contribution in [3.8, 4) is 0 Å². The number of halogens is 2. The molecule has 3 aromatic carbocycles. The highest BCUT2D eigenvalue weighted by molar-refractivity contribution is 6.35. The lowest BCUT2D eigenvalue weighted by Crippen LogP contribution is -2.44. The predicted octanol–water partition coefficient (Wildman–Crippen LogP) is 6.04. The van der Waals surface area contributed by atoms with Crippen LogP contribution in [0.15, 0.2) is 78.9 Å². The fraction of sp³-hybridized carbons (Fsp3) is 0.231. The zero-order valence-corrected chi connectivity index (χ0v) is 19.6. The van der Waals surface area contributed by atoms with Crippen molar-refractivity contribution in [2.45, 2.75) is 33.0 Å². The van der Waals surface area contributed by atoms with Crippen molar-refractivity contribution < 1.29 is 9.59 Å². The van der Waals surface area contributed by atoms with Gasteiger partial charge in [0.2, 0.25) is 11.8 Å². The summed E-state index contributed by atoms with van der Waals surface area (Å²) in [7, 11) is 0. The molecule has 0 aliphatic rings. The minimum atomic E-state index is -0.780. The van der Waals surface area contributed by atoms with Gasteiger partial charge < -0.3 is 10.2 Å². The van der Waals surface area contributed by atoms with E-state index in [1.54, 1.807) is 23.1 Å². The Labute approximate surface area is 199 Å². The van der Waals surface area contributed by atoms with Crippen LogP contribution in [-0.2, 0) is 22.7 Å². The molecule has 6 heteroatoms. The summed E-state index contributed by atoms with van der Waals surface area (Å²) in [4.78, 5) is 28.4. The third-order valence-corrected chi connectivity index (χ3v) is 5.70. The molecule has 0 aromatic heterocycles. The molecule has 166 valence electrons. The standard InChI is InChI=1S/C26H26Cl2N2O2/c1-18(2)26(32)30(17-19-9-5-3-6-10-19)24(20-11-7-4-8-12-20)25(31)29-16-21-13-14-22(27)15-23(21)28/h3-15,18,24H,16-17H2,1-2H3,(H,29,31). The number of nitrogens with one attached hydrogen (secondary N) is 1. The summed E-state index contributed by atoms with van der Waals surface area (Å²) in [6.07, 6.45) is 0. The molecule has 0 saturated carbocycles. The Balaban J connectivity index is 1.93. The van der Waals surface area contributed by atoms with Gasteiger partial charge in [-0.1, -0.05) is 104 Å². The predicted molar refractivity (Wildman–Crippen MR) is 129 cm³/mol. The van der Waals surface area contributed by atoms with Gasteiger partial charge in [-0.3, -0.25) is 9.59 Å². The molecule has 2 amide bonds. The first-order valence-electron chi connectivity index (χ1n) is 10.5. The number of amides is 2. The highest BCUT2D eigenvalue weighted by atomic mass is 35.5. The zero-order chi connectivity index (χ0) is 23.1. The van der Waals surface area contributed by atoms with E-state index in [4.69, 9.17) is 23.2 Å². The summed E-state index contributed by atoms with van der Waals surface area (Å²) in [6, 6.07) is 23.4. The summed E-state index contributed by atoms with van der Waals surface area (Å²) in [6.45, 7) is 4.24. The van der Waals surface area contributed by atoms with Crippen LogP contribution in [-0.4, -0.2) is 16.7 Å². The Morgan fingerprint density at radius 1 is 0.906 bits per heavy atom. The number of carbonyl (C=O) groups excluding carboxylic acids is 2. The second-order valence-corrected chi connectivity index (χ2v) is 8.72. The molecule has 0 saturated heterocycles. The van der Waals surface area contributed by atoms with Crippen LogP contribution in [0.4, 0.5) is 0 Å². The van der Waals surface area contributed by atoms with E-state index < -0.39 is 6.04 Å². The van der Waals surface area contributed by atoms with Crippen molar-refractivity contribution in [2.24, 2.45) is 5.92 Å². The van der Waals surface area contributed by atoms with E-state index in [0.717, 1.165) is 16.7 Å². The molecular formula is C26H26Cl2N2O2. The molecule has 0 fully saturated rings. The second kappa shape index (κ2) is 11.2. The molecule has 0 aliphatic carbocycles. The molecule has 3 aromatic rings. The van der Waals surface area contributed by atoms with E-state index in [1.807, 2.05) is 74.5 Å². The van der Waals surface area contributed by atoms with Crippen LogP contribution in [0.2, 0.25) is 10.0 Å². The Bertz CT molecular complexity index is 1060. The zero-order valence-electron chi connectivity index (χ0n) is 18.1. The van der Waals surface area contributed by atoms with Crippen LogP contribution >= 0.6 is 23.2 Å². The van der Waals surface area contributed by atoms with E-state index in [-0.39, 0.29) is 24.3 Å². The van der Waals surface area contributed by atoms with Gasteiger partial charge in [0.1, 0.15) is 6.04 Å². The first kappa shape index (κ1) is 23.8. The van der Waals surface area contributed by atoms with E-state index >= 15 is 0 Å². The fourth-order valence-corrected chi connectivity index (χ4v) is 3.94. The van der Waals surface area contributed by atoms with Crippen molar-refractivity contribution in [3.63, 3.8) is 0 Å². The molecule has 3 rings (SSSR count). The molecule has 4 nitrogen and oxygen atoms in total. The Morgan fingerprint density at radius 3 is 2.12 bits per heavy atom. The number of hydrogen-bond acceptors (Lipinski definition) is 2. The van der Waals surface area contributed by atoms with Gasteiger partial charge in [-0.15, -0.1) is 0 Å². The van der Waals surface area contributed by atoms with Gasteiger partial charge in [0.15, 0.2) is 0 Å². The summed E-state index contributed by atoms with van der Waals surface area (Å²) in [5, 5.41) is 3.97. The van der Waals surface area contributed by atoms with E-state index in [2.05, 4.69) is 5.32 Å². The molecule has 0 radical (unpaired) electrons. The Morgan fingerprint density at radius 2 is 1.53 bits per heavy atom. The van der Waals surface area contributed by atoms with E-state index in [9.17, 15) is 9.59 Å². The van der Waals surface area contributed by atoms with Crippen LogP contribution in [0.5, 0.6) is 0 Å². The summed E-state index contributed by atoms with van der Waals surface area (Å²) in [5.74, 6) is -0.627. The van der Waals surface area contributed by atoms with Gasteiger partial charge in [0.25, 0.3) is 0 Å². The molecule has 0 bridgehead atoms. The fourth-order valence-electron chi connectivity index (χ4n) is 3.46. The van der Waals surface area contributed by atoms with Gasteiger partial charge in [0, 0.05) is 29.1 Å². The summed E-state index contributed by atoms with van der Waals surface area (Å²) < 4.78 is 0. The average Bonchev–Trinajstić information content (AvgIpc) is 2.79. The molecule has 0 aliphatic heterocycles. The van der Waals surface area contributed by atoms with Gasteiger partial charge in [-0.25, -0.2) is 0 Å². The largest absolute Gasteiger partial charge is 0.350 e. The van der Waals surface area contributed by atoms with E-state index in [0.29, 0.717) is 16.6 Å². The molecule has 32 heavy (non-hydrogen) atoms. The first-order valence-corrected chi connectivity index (χ1v) is 11.2. The van der Waals surface area contributed by atoms with Crippen LogP contribution < -0.4 is 5.32 Å². The van der Waals surface area contributed by atoms with Crippen molar-refractivity contribution in [1.82, 2.24) is 10.2 Å². The van der Waals surface area contributed by atoms with Crippen molar-refractivity contribution >= 4 is 35.0 Å². The maximum atomic E-state index is 13.5. The topological polar surface area (TPSA) is 49.4 Å². The lowest BCUT2D eigenvalue weighted by Gasteiger charge is -2.33. The monoisotopic (exact) mass is 468 g/mol. The van der Waals surface area contributed by atoms with Crippen molar-refractivity contribution in [2.75, 3.05) is 0 Å². The minimum absolute atomic E-state index is 0.0950. The van der Waals surface area contributed by atoms with Gasteiger partial charge in [-0.05, 0) is 28.8 Å². The van der Waals surface area contributed by atoms with Crippen LogP contribution in [0.1, 0.15) is 36.6 Å². The molecular weight excluding hydrogens is 443 g/mol. The minimum Gasteiger partial charge on any atom is -0.350 e. The number of carbonyl (C=O) groups is 2. The maximum Gasteiger partial charge on any atom is 0.247 e. The first-order chi connectivity index (χ1) is 15.4. The Kier molecular flexibility index (Phi) is 8.32. The Hall–Kier alpha value is -2.82. The van der Waals surface area contributed by atoms with E-state index in [1.165, 1.54) is 0 Å². The number of rotatable bonds is 8. The van der Waals surface area contributed by atoms with Crippen LogP contribution in [0.25, 0.3) is 0 Å². The van der Waals surface area contributed by atoms with Crippen molar-refractivity contribution in [1.29, 1.82) is 0 Å². The molecule has 1 N–H and O–H groups in total. The number of benzene rings is 3. The molecule has 0 spiro atoms. The number of hydrogen-bond donors (Lipinski definition) is 1. The van der Waals surface area contributed by atoms with Crippen LogP contribution in [0.3, 0.4) is 0 Å². The molecule has 0 heterocycles. The smallest absolute Gasteiger partial charge is 0.247 e.